The number of ether oxygens (including phenoxy) is 1. The van der Waals surface area contributed by atoms with E-state index in [2.05, 4.69) is 15.5 Å². The van der Waals surface area contributed by atoms with Gasteiger partial charge in [0.15, 0.2) is 5.75 Å². The molecule has 1 aromatic heterocycles. The summed E-state index contributed by atoms with van der Waals surface area (Å²) in [5, 5.41) is 0.255. The minimum Gasteiger partial charge on any atom is -0.405 e. The number of primary amides is 1. The molecule has 0 bridgehead atoms. The highest BCUT2D eigenvalue weighted by Gasteiger charge is 2.04. The van der Waals surface area contributed by atoms with Gasteiger partial charge in [-0.05, 0) is 0 Å². The number of nitrogens with one attached hydrogen (secondary N) is 1. The van der Waals surface area contributed by atoms with Gasteiger partial charge in [-0.1, -0.05) is 11.6 Å². The molecule has 6 heteroatoms. The molecular formula is C6H5ClN2O3. The van der Waals surface area contributed by atoms with E-state index in [-0.39, 0.29) is 10.8 Å². The lowest BCUT2D eigenvalue weighted by molar-refractivity contribution is 0.210. The first kappa shape index (κ1) is 8.61. The van der Waals surface area contributed by atoms with E-state index < -0.39 is 11.7 Å². The average Bonchev–Trinajstić information content (AvgIpc) is 1.96. The highest BCUT2D eigenvalue weighted by atomic mass is 35.5. The molecule has 0 fully saturated rings. The number of halogens is 1. The number of nitrogens with two attached hydrogens (primary N) is 1. The first-order valence-corrected chi connectivity index (χ1v) is 3.33. The van der Waals surface area contributed by atoms with Crippen LogP contribution in [0.2, 0.25) is 5.02 Å². The SMILES string of the molecule is NC(=O)Oc1cc(Cl)c[nH]c1=O. The van der Waals surface area contributed by atoms with E-state index in [1.165, 1.54) is 12.3 Å². The maximum Gasteiger partial charge on any atom is 0.410 e. The summed E-state index contributed by atoms with van der Waals surface area (Å²) < 4.78 is 4.34. The summed E-state index contributed by atoms with van der Waals surface area (Å²) in [6, 6.07) is 1.20. The number of hydrogen-bond donors (Lipinski definition) is 2. The van der Waals surface area contributed by atoms with Gasteiger partial charge in [0.05, 0.1) is 5.02 Å². The van der Waals surface area contributed by atoms with Gasteiger partial charge in [-0.25, -0.2) is 4.79 Å². The van der Waals surface area contributed by atoms with Crippen LogP contribution in [0.3, 0.4) is 0 Å². The number of hydrogen-bond acceptors (Lipinski definition) is 3. The minimum atomic E-state index is -1.05. The van der Waals surface area contributed by atoms with Crippen molar-refractivity contribution in [3.63, 3.8) is 0 Å². The molecule has 0 aliphatic heterocycles. The van der Waals surface area contributed by atoms with Crippen molar-refractivity contribution in [3.05, 3.63) is 27.6 Å². The Hall–Kier alpha value is -1.49. The highest BCUT2D eigenvalue weighted by Crippen LogP contribution is 2.10. The van der Waals surface area contributed by atoms with Crippen molar-refractivity contribution in [2.24, 2.45) is 5.73 Å². The number of aromatic nitrogens is 1. The minimum absolute atomic E-state index is 0.213. The van der Waals surface area contributed by atoms with Gasteiger partial charge >= 0.3 is 6.09 Å². The van der Waals surface area contributed by atoms with E-state index in [0.717, 1.165) is 0 Å². The Bertz CT molecular complexity index is 360. The second kappa shape index (κ2) is 3.27. The number of amides is 1. The fraction of sp³-hybridized carbons (Fsp3) is 0. The lowest BCUT2D eigenvalue weighted by Gasteiger charge is -1.98. The molecule has 0 aliphatic rings. The van der Waals surface area contributed by atoms with Crippen LogP contribution in [0.5, 0.6) is 5.75 Å². The number of aromatic amines is 1. The Morgan fingerprint density at radius 3 is 2.92 bits per heavy atom. The molecule has 0 saturated carbocycles. The van der Waals surface area contributed by atoms with Crippen molar-refractivity contribution >= 4 is 17.7 Å². The number of carbonyl (C=O) groups excluding carboxylic acids is 1. The van der Waals surface area contributed by atoms with E-state index in [1.54, 1.807) is 0 Å². The molecule has 0 radical (unpaired) electrons. The summed E-state index contributed by atoms with van der Waals surface area (Å²) in [5.74, 6) is -0.213. The second-order valence-corrected chi connectivity index (χ2v) is 2.37. The molecule has 64 valence electrons. The predicted molar refractivity (Wildman–Crippen MR) is 42.3 cm³/mol. The molecule has 12 heavy (non-hydrogen) atoms. The zero-order valence-corrected chi connectivity index (χ0v) is 6.59. The van der Waals surface area contributed by atoms with Crippen LogP contribution in [0.25, 0.3) is 0 Å². The molecule has 0 saturated heterocycles. The first-order valence-electron chi connectivity index (χ1n) is 2.95. The first-order chi connectivity index (χ1) is 5.59. The van der Waals surface area contributed by atoms with Crippen LogP contribution in [0, 0.1) is 0 Å². The van der Waals surface area contributed by atoms with E-state index in [0.29, 0.717) is 0 Å². The monoisotopic (exact) mass is 188 g/mol. The van der Waals surface area contributed by atoms with Gasteiger partial charge in [0, 0.05) is 12.3 Å². The molecular weight excluding hydrogens is 184 g/mol. The molecule has 0 atom stereocenters. The van der Waals surface area contributed by atoms with Gasteiger partial charge < -0.3 is 15.5 Å². The third kappa shape index (κ3) is 2.00. The van der Waals surface area contributed by atoms with Crippen molar-refractivity contribution in [3.8, 4) is 5.75 Å². The highest BCUT2D eigenvalue weighted by molar-refractivity contribution is 6.30. The molecule has 0 spiro atoms. The van der Waals surface area contributed by atoms with Gasteiger partial charge in [-0.3, -0.25) is 4.79 Å². The molecule has 0 unspecified atom stereocenters. The van der Waals surface area contributed by atoms with Gasteiger partial charge in [0.1, 0.15) is 0 Å². The molecule has 1 rings (SSSR count). The summed E-state index contributed by atoms with van der Waals surface area (Å²) >= 11 is 5.50. The third-order valence-corrected chi connectivity index (χ3v) is 1.26. The Morgan fingerprint density at radius 2 is 2.33 bits per heavy atom. The van der Waals surface area contributed by atoms with Crippen molar-refractivity contribution in [1.29, 1.82) is 0 Å². The van der Waals surface area contributed by atoms with Gasteiger partial charge in [-0.2, -0.15) is 0 Å². The summed E-state index contributed by atoms with van der Waals surface area (Å²) in [7, 11) is 0. The van der Waals surface area contributed by atoms with Crippen molar-refractivity contribution in [1.82, 2.24) is 4.98 Å². The van der Waals surface area contributed by atoms with Crippen LogP contribution < -0.4 is 16.0 Å². The smallest absolute Gasteiger partial charge is 0.405 e. The van der Waals surface area contributed by atoms with Crippen LogP contribution >= 0.6 is 11.6 Å². The average molecular weight is 189 g/mol. The van der Waals surface area contributed by atoms with Gasteiger partial charge in [-0.15, -0.1) is 0 Å². The molecule has 0 aliphatic carbocycles. The quantitative estimate of drug-likeness (QED) is 0.673. The fourth-order valence-corrected chi connectivity index (χ4v) is 0.776. The Labute approximate surface area is 72.1 Å². The van der Waals surface area contributed by atoms with Crippen LogP contribution in [0.1, 0.15) is 0 Å². The lowest BCUT2D eigenvalue weighted by Crippen LogP contribution is -2.21. The zero-order valence-electron chi connectivity index (χ0n) is 5.83. The summed E-state index contributed by atoms with van der Waals surface area (Å²) in [4.78, 5) is 23.3. The molecule has 1 aromatic rings. The van der Waals surface area contributed by atoms with E-state index >= 15 is 0 Å². The van der Waals surface area contributed by atoms with Crippen molar-refractivity contribution in [2.75, 3.05) is 0 Å². The van der Waals surface area contributed by atoms with E-state index in [9.17, 15) is 9.59 Å². The standard InChI is InChI=1S/C6H5ClN2O3/c7-3-1-4(12-6(8)11)5(10)9-2-3/h1-2H,(H2,8,11)(H,9,10). The van der Waals surface area contributed by atoms with Gasteiger partial charge in [0.2, 0.25) is 0 Å². The third-order valence-electron chi connectivity index (χ3n) is 1.04. The molecule has 1 amide bonds. The van der Waals surface area contributed by atoms with Crippen molar-refractivity contribution < 1.29 is 9.53 Å². The zero-order chi connectivity index (χ0) is 9.14. The lowest BCUT2D eigenvalue weighted by atomic mass is 10.4. The summed E-state index contributed by atoms with van der Waals surface area (Å²) in [6.45, 7) is 0. The maximum atomic E-state index is 10.9. The fourth-order valence-electron chi connectivity index (χ4n) is 0.622. The molecule has 5 nitrogen and oxygen atoms in total. The number of H-pyrrole nitrogens is 1. The van der Waals surface area contributed by atoms with E-state index in [4.69, 9.17) is 11.6 Å². The summed E-state index contributed by atoms with van der Waals surface area (Å²) in [5.41, 5.74) is 4.13. The topological polar surface area (TPSA) is 85.2 Å². The Kier molecular flexibility index (Phi) is 2.35. The molecule has 3 N–H and O–H groups in total. The number of pyridine rings is 1. The predicted octanol–water partition coefficient (Wildman–Crippen LogP) is 0.486. The summed E-state index contributed by atoms with van der Waals surface area (Å²) in [6.07, 6.45) is 0.223. The molecule has 1 heterocycles. The Morgan fingerprint density at radius 1 is 1.67 bits per heavy atom. The van der Waals surface area contributed by atoms with Crippen molar-refractivity contribution in [2.45, 2.75) is 0 Å². The maximum absolute atomic E-state index is 10.9. The van der Waals surface area contributed by atoms with Gasteiger partial charge in [0.25, 0.3) is 5.56 Å². The van der Waals surface area contributed by atoms with Crippen LogP contribution in [-0.4, -0.2) is 11.1 Å². The van der Waals surface area contributed by atoms with E-state index in [1.807, 2.05) is 0 Å². The Balaban J connectivity index is 3.06. The van der Waals surface area contributed by atoms with Crippen LogP contribution in [0.4, 0.5) is 4.79 Å². The van der Waals surface area contributed by atoms with Crippen LogP contribution in [-0.2, 0) is 0 Å². The normalized spacial score (nSPS) is 9.42. The number of carbonyl (C=O) groups is 1. The van der Waals surface area contributed by atoms with Crippen LogP contribution in [0.15, 0.2) is 17.1 Å². The second-order valence-electron chi connectivity index (χ2n) is 1.93. The largest absolute Gasteiger partial charge is 0.410 e. The molecule has 0 aromatic carbocycles. The number of rotatable bonds is 1.